The molecule has 0 spiro atoms. The van der Waals surface area contributed by atoms with Gasteiger partial charge in [0.15, 0.2) is 0 Å². The Morgan fingerprint density at radius 2 is 1.02 bits per heavy atom. The van der Waals surface area contributed by atoms with E-state index in [-0.39, 0.29) is 51.2 Å². The molecule has 3 aliphatic carbocycles. The molecule has 0 aromatic heterocycles. The molecule has 0 amide bonds. The van der Waals surface area contributed by atoms with Gasteiger partial charge in [-0.15, -0.1) is 0 Å². The van der Waals surface area contributed by atoms with E-state index in [1.165, 1.54) is 66.3 Å². The molecule has 10 rings (SSSR count). The zero-order valence-corrected chi connectivity index (χ0v) is 36.7. The van der Waals surface area contributed by atoms with Crippen LogP contribution in [0, 0.1) is 5.92 Å². The molecule has 2 bridgehead atoms. The zero-order valence-electron chi connectivity index (χ0n) is 40.7. The second-order valence-corrected chi connectivity index (χ2v) is 22.1. The molecular formula is C54H65BN2. The fourth-order valence-electron chi connectivity index (χ4n) is 10.4. The Morgan fingerprint density at radius 1 is 0.509 bits per heavy atom. The number of rotatable bonds is 3. The molecule has 5 aromatic carbocycles. The quantitative estimate of drug-likeness (QED) is 0.166. The lowest BCUT2D eigenvalue weighted by Crippen LogP contribution is -2.61. The lowest BCUT2D eigenvalue weighted by Gasteiger charge is -2.49. The van der Waals surface area contributed by atoms with Crippen LogP contribution in [0.4, 0.5) is 34.1 Å². The maximum atomic E-state index is 9.88. The second kappa shape index (κ2) is 12.9. The van der Waals surface area contributed by atoms with Gasteiger partial charge in [-0.2, -0.15) is 0 Å². The monoisotopic (exact) mass is 757 g/mol. The highest BCUT2D eigenvalue weighted by atomic mass is 15.2. The lowest BCUT2D eigenvalue weighted by molar-refractivity contribution is 0.136. The maximum Gasteiger partial charge on any atom is 0.252 e. The summed E-state index contributed by atoms with van der Waals surface area (Å²) in [5, 5.41) is 0. The topological polar surface area (TPSA) is 6.48 Å². The van der Waals surface area contributed by atoms with Crippen molar-refractivity contribution in [2.24, 2.45) is 5.92 Å². The summed E-state index contributed by atoms with van der Waals surface area (Å²) in [6.45, 7) is 26.7. The first kappa shape index (κ1) is 33.7. The second-order valence-electron chi connectivity index (χ2n) is 22.1. The van der Waals surface area contributed by atoms with Crippen molar-refractivity contribution in [3.05, 3.63) is 125 Å². The molecular weight excluding hydrogens is 687 g/mol. The van der Waals surface area contributed by atoms with Crippen LogP contribution in [0.5, 0.6) is 0 Å². The Labute approximate surface area is 350 Å². The minimum absolute atomic E-state index is 0.00395. The van der Waals surface area contributed by atoms with Gasteiger partial charge in [-0.1, -0.05) is 132 Å². The van der Waals surface area contributed by atoms with E-state index < -0.39 is 6.71 Å². The van der Waals surface area contributed by atoms with Crippen LogP contribution >= 0.6 is 0 Å². The maximum absolute atomic E-state index is 9.88. The molecule has 0 N–H and O–H groups in total. The number of para-hydroxylation sites is 1. The van der Waals surface area contributed by atoms with E-state index in [0.29, 0.717) is 11.2 Å². The SMILES string of the molecule is [2H]c1c([2H])c([2H])c2c(c1[2H])B1c3cc(C(C)(C)C)ccc3N(c3ccc(C(C)(C)C)cc3)c3cc(C45CCC(CC4)CC5)cc(c31)N2c1cc(C(C)(C)C)cc(C(C)(C)C)c1. The highest BCUT2D eigenvalue weighted by Gasteiger charge is 2.47. The van der Waals surface area contributed by atoms with Crippen molar-refractivity contribution in [1.82, 2.24) is 0 Å². The smallest absolute Gasteiger partial charge is 0.252 e. The van der Waals surface area contributed by atoms with Crippen molar-refractivity contribution in [2.45, 2.75) is 149 Å². The van der Waals surface area contributed by atoms with E-state index in [0.717, 1.165) is 45.3 Å². The van der Waals surface area contributed by atoms with Gasteiger partial charge in [-0.3, -0.25) is 0 Å². The van der Waals surface area contributed by atoms with Gasteiger partial charge in [0.25, 0.3) is 6.71 Å². The van der Waals surface area contributed by atoms with Crippen molar-refractivity contribution in [2.75, 3.05) is 9.80 Å². The highest BCUT2D eigenvalue weighted by molar-refractivity contribution is 7.00. The van der Waals surface area contributed by atoms with Crippen molar-refractivity contribution in [3.63, 3.8) is 0 Å². The molecule has 3 heteroatoms. The zero-order chi connectivity index (χ0) is 43.9. The molecule has 3 saturated carbocycles. The van der Waals surface area contributed by atoms with Crippen LogP contribution in [0.2, 0.25) is 0 Å². The van der Waals surface area contributed by atoms with Crippen molar-refractivity contribution in [3.8, 4) is 0 Å². The standard InChI is InChI=1S/C54H65BN2/c1-50(2,3)36-17-20-41(21-18-36)56-46-22-19-37(51(4,5)6)32-44(46)55-43-15-13-14-16-45(43)57(42-30-38(52(7,8)9)29-39(31-42)53(10,11)12)48-34-40(33-47(56)49(48)55)54-26-23-35(24-27-54)25-28-54/h13-22,29-35H,23-28H2,1-12H3/i13D,14D,15D,16D. The summed E-state index contributed by atoms with van der Waals surface area (Å²) < 4.78 is 38.2. The predicted molar refractivity (Wildman–Crippen MR) is 248 cm³/mol. The average molecular weight is 757 g/mol. The molecule has 5 aliphatic rings. The summed E-state index contributed by atoms with van der Waals surface area (Å²) in [5.74, 6) is 0.819. The summed E-state index contributed by atoms with van der Waals surface area (Å²) in [5.41, 5.74) is 14.5. The van der Waals surface area contributed by atoms with Crippen LogP contribution in [0.3, 0.4) is 0 Å². The molecule has 0 unspecified atom stereocenters. The van der Waals surface area contributed by atoms with Crippen LogP contribution < -0.4 is 26.2 Å². The van der Waals surface area contributed by atoms with Gasteiger partial charge in [0, 0.05) is 34.1 Å². The number of hydrogen-bond donors (Lipinski definition) is 0. The van der Waals surface area contributed by atoms with Gasteiger partial charge in [0.05, 0.1) is 5.48 Å². The Hall–Kier alpha value is -4.24. The van der Waals surface area contributed by atoms with E-state index in [9.17, 15) is 5.48 Å². The van der Waals surface area contributed by atoms with Crippen LogP contribution in [0.15, 0.2) is 97.0 Å². The molecule has 5 aromatic rings. The fourth-order valence-corrected chi connectivity index (χ4v) is 10.4. The fraction of sp³-hybridized carbons (Fsp3) is 0.444. The van der Waals surface area contributed by atoms with E-state index in [4.69, 9.17) is 0 Å². The first-order valence-corrected chi connectivity index (χ1v) is 21.7. The van der Waals surface area contributed by atoms with Crippen LogP contribution in [0.1, 0.15) is 155 Å². The van der Waals surface area contributed by atoms with E-state index in [2.05, 4.69) is 166 Å². The first-order valence-electron chi connectivity index (χ1n) is 23.7. The number of nitrogens with zero attached hydrogens (tertiary/aromatic N) is 2. The number of benzene rings is 5. The van der Waals surface area contributed by atoms with Crippen molar-refractivity contribution < 1.29 is 5.48 Å². The summed E-state index contributed by atoms with van der Waals surface area (Å²) >= 11 is 0. The summed E-state index contributed by atoms with van der Waals surface area (Å²) in [6.07, 6.45) is 7.30. The third-order valence-corrected chi connectivity index (χ3v) is 14.2. The molecule has 2 heterocycles. The average Bonchev–Trinajstić information content (AvgIpc) is 3.20. The molecule has 294 valence electrons. The Balaban J connectivity index is 1.46. The van der Waals surface area contributed by atoms with Gasteiger partial charge in [0.1, 0.15) is 0 Å². The normalized spacial score (nSPS) is 21.3. The third kappa shape index (κ3) is 6.38. The van der Waals surface area contributed by atoms with Gasteiger partial charge in [-0.25, -0.2) is 0 Å². The Kier molecular flexibility index (Phi) is 7.62. The van der Waals surface area contributed by atoms with Crippen molar-refractivity contribution in [1.29, 1.82) is 0 Å². The summed E-state index contributed by atoms with van der Waals surface area (Å²) in [4.78, 5) is 4.75. The number of hydrogen-bond acceptors (Lipinski definition) is 2. The van der Waals surface area contributed by atoms with Gasteiger partial charge in [-0.05, 0) is 164 Å². The Bertz CT molecular complexity index is 2550. The molecule has 2 nitrogen and oxygen atoms in total. The predicted octanol–water partition coefficient (Wildman–Crippen LogP) is 13.2. The number of fused-ring (bicyclic) bond motifs is 7. The third-order valence-electron chi connectivity index (χ3n) is 14.2. The summed E-state index contributed by atoms with van der Waals surface area (Å²) in [6, 6.07) is 27.6. The van der Waals surface area contributed by atoms with E-state index >= 15 is 0 Å². The van der Waals surface area contributed by atoms with Gasteiger partial charge in [0.2, 0.25) is 0 Å². The molecule has 0 radical (unpaired) electrons. The molecule has 3 fully saturated rings. The van der Waals surface area contributed by atoms with E-state index in [1.807, 2.05) is 0 Å². The van der Waals surface area contributed by atoms with Crippen LogP contribution in [-0.2, 0) is 27.1 Å². The van der Waals surface area contributed by atoms with E-state index in [1.54, 1.807) is 0 Å². The number of anilines is 6. The largest absolute Gasteiger partial charge is 0.311 e. The lowest BCUT2D eigenvalue weighted by atomic mass is 9.33. The summed E-state index contributed by atoms with van der Waals surface area (Å²) in [7, 11) is 0. The highest BCUT2D eigenvalue weighted by Crippen LogP contribution is 2.55. The Morgan fingerprint density at radius 3 is 1.56 bits per heavy atom. The first-order chi connectivity index (χ1) is 28.4. The minimum atomic E-state index is -0.415. The van der Waals surface area contributed by atoms with Gasteiger partial charge >= 0.3 is 0 Å². The van der Waals surface area contributed by atoms with Gasteiger partial charge < -0.3 is 9.80 Å². The van der Waals surface area contributed by atoms with Crippen LogP contribution in [0.25, 0.3) is 0 Å². The van der Waals surface area contributed by atoms with Crippen LogP contribution in [-0.4, -0.2) is 6.71 Å². The molecule has 2 aliphatic heterocycles. The molecule has 0 atom stereocenters. The molecule has 0 saturated heterocycles. The van der Waals surface area contributed by atoms with Crippen molar-refractivity contribution >= 4 is 57.2 Å². The minimum Gasteiger partial charge on any atom is -0.311 e. The molecule has 57 heavy (non-hydrogen) atoms.